The van der Waals surface area contributed by atoms with E-state index in [4.69, 9.17) is 5.11 Å². The Morgan fingerprint density at radius 1 is 1.22 bits per heavy atom. The number of aromatic hydroxyl groups is 3. The van der Waals surface area contributed by atoms with E-state index in [0.717, 1.165) is 12.1 Å². The molecule has 18 heavy (non-hydrogen) atoms. The minimum Gasteiger partial charge on any atom is -0.507 e. The van der Waals surface area contributed by atoms with Gasteiger partial charge in [-0.1, -0.05) is 11.8 Å². The Hall–Kier alpha value is -2.22. The van der Waals surface area contributed by atoms with Crippen molar-refractivity contribution in [3.8, 4) is 17.2 Å². The molecule has 7 nitrogen and oxygen atoms in total. The molecule has 0 aliphatic carbocycles. The van der Waals surface area contributed by atoms with Gasteiger partial charge in [-0.3, -0.25) is 4.79 Å². The first-order chi connectivity index (χ1) is 8.56. The van der Waals surface area contributed by atoms with Crippen LogP contribution >= 0.6 is 11.8 Å². The fourth-order valence-corrected chi connectivity index (χ4v) is 1.84. The first-order valence-corrected chi connectivity index (χ1v) is 5.83. The summed E-state index contributed by atoms with van der Waals surface area (Å²) in [6, 6.07) is 2.14. The van der Waals surface area contributed by atoms with Gasteiger partial charge in [-0.2, -0.15) is 5.10 Å². The maximum absolute atomic E-state index is 10.9. The van der Waals surface area contributed by atoms with Crippen molar-refractivity contribution >= 4 is 29.1 Å². The lowest BCUT2D eigenvalue weighted by Crippen LogP contribution is -2.19. The van der Waals surface area contributed by atoms with Crippen LogP contribution in [-0.2, 0) is 4.79 Å². The fraction of sp³-hybridized carbons (Fsp3) is 0.100. The molecule has 1 heterocycles. The van der Waals surface area contributed by atoms with Gasteiger partial charge in [0, 0.05) is 11.6 Å². The Morgan fingerprint density at radius 3 is 2.61 bits per heavy atom. The molecule has 1 aromatic carbocycles. The highest BCUT2D eigenvalue weighted by Crippen LogP contribution is 2.31. The van der Waals surface area contributed by atoms with E-state index in [1.54, 1.807) is 0 Å². The van der Waals surface area contributed by atoms with Crippen molar-refractivity contribution in [3.05, 3.63) is 17.7 Å². The van der Waals surface area contributed by atoms with Crippen molar-refractivity contribution < 1.29 is 20.1 Å². The average Bonchev–Trinajstić information content (AvgIpc) is 2.71. The van der Waals surface area contributed by atoms with Crippen LogP contribution < -0.4 is 5.32 Å². The summed E-state index contributed by atoms with van der Waals surface area (Å²) in [5.41, 5.74) is 0.198. The van der Waals surface area contributed by atoms with Crippen molar-refractivity contribution in [3.63, 3.8) is 0 Å². The molecule has 1 saturated heterocycles. The molecule has 94 valence electrons. The van der Waals surface area contributed by atoms with Crippen LogP contribution in [0.15, 0.2) is 22.3 Å². The molecule has 0 saturated carbocycles. The minimum atomic E-state index is -0.422. The molecule has 0 atom stereocenters. The van der Waals surface area contributed by atoms with Gasteiger partial charge in [0.1, 0.15) is 5.75 Å². The zero-order valence-electron chi connectivity index (χ0n) is 8.99. The van der Waals surface area contributed by atoms with Crippen LogP contribution in [0.5, 0.6) is 17.2 Å². The predicted molar refractivity (Wildman–Crippen MR) is 67.1 cm³/mol. The van der Waals surface area contributed by atoms with Gasteiger partial charge >= 0.3 is 0 Å². The summed E-state index contributed by atoms with van der Waals surface area (Å²) in [7, 11) is 0. The number of benzene rings is 1. The third-order valence-electron chi connectivity index (χ3n) is 2.06. The van der Waals surface area contributed by atoms with Crippen molar-refractivity contribution in [2.24, 2.45) is 10.2 Å². The van der Waals surface area contributed by atoms with Crippen LogP contribution in [0.1, 0.15) is 5.56 Å². The first-order valence-electron chi connectivity index (χ1n) is 4.85. The van der Waals surface area contributed by atoms with E-state index in [-0.39, 0.29) is 23.0 Å². The molecular formula is C10H9N3O4S. The second kappa shape index (κ2) is 4.96. The highest BCUT2D eigenvalue weighted by molar-refractivity contribution is 8.15. The van der Waals surface area contributed by atoms with E-state index in [2.05, 4.69) is 15.5 Å². The van der Waals surface area contributed by atoms with Crippen molar-refractivity contribution in [1.82, 2.24) is 5.32 Å². The molecule has 0 radical (unpaired) electrons. The highest BCUT2D eigenvalue weighted by atomic mass is 32.2. The summed E-state index contributed by atoms with van der Waals surface area (Å²) in [6.07, 6.45) is 1.20. The zero-order chi connectivity index (χ0) is 13.1. The number of carbonyl (C=O) groups excluding carboxylic acids is 1. The average molecular weight is 267 g/mol. The standard InChI is InChI=1S/C10H9N3O4S/c14-6-2-8(16)7(15)1-5(6)3-11-13-10-12-9(17)4-18-10/h1-3,14-16H,4H2,(H,12,13,17). The van der Waals surface area contributed by atoms with Crippen LogP contribution in [0.3, 0.4) is 0 Å². The van der Waals surface area contributed by atoms with Gasteiger partial charge < -0.3 is 20.6 Å². The predicted octanol–water partition coefficient (Wildman–Crippen LogP) is 0.356. The molecule has 0 bridgehead atoms. The van der Waals surface area contributed by atoms with Crippen LogP contribution in [0.25, 0.3) is 0 Å². The zero-order valence-corrected chi connectivity index (χ0v) is 9.81. The topological polar surface area (TPSA) is 115 Å². The largest absolute Gasteiger partial charge is 0.507 e. The Kier molecular flexibility index (Phi) is 3.38. The van der Waals surface area contributed by atoms with E-state index in [9.17, 15) is 15.0 Å². The lowest BCUT2D eigenvalue weighted by Gasteiger charge is -2.01. The van der Waals surface area contributed by atoms with E-state index in [0.29, 0.717) is 10.9 Å². The Labute approximate surface area is 106 Å². The highest BCUT2D eigenvalue weighted by Gasteiger charge is 2.16. The second-order valence-corrected chi connectivity index (χ2v) is 4.35. The van der Waals surface area contributed by atoms with E-state index < -0.39 is 5.75 Å². The Morgan fingerprint density at radius 2 is 1.94 bits per heavy atom. The quantitative estimate of drug-likeness (QED) is 0.267. The number of amides is 1. The fourth-order valence-electron chi connectivity index (χ4n) is 1.21. The number of hydrogen-bond donors (Lipinski definition) is 4. The number of carbonyl (C=O) groups is 1. The molecule has 2 rings (SSSR count). The maximum Gasteiger partial charge on any atom is 0.236 e. The number of phenolic OH excluding ortho intramolecular Hbond substituents is 3. The normalized spacial score (nSPS) is 17.6. The van der Waals surface area contributed by atoms with E-state index in [1.165, 1.54) is 18.0 Å². The molecule has 1 fully saturated rings. The van der Waals surface area contributed by atoms with Crippen LogP contribution in [-0.4, -0.2) is 38.4 Å². The minimum absolute atomic E-state index is 0.140. The summed E-state index contributed by atoms with van der Waals surface area (Å²) < 4.78 is 0. The summed E-state index contributed by atoms with van der Waals surface area (Å²) >= 11 is 1.22. The van der Waals surface area contributed by atoms with E-state index >= 15 is 0 Å². The number of nitrogens with zero attached hydrogens (tertiary/aromatic N) is 2. The van der Waals surface area contributed by atoms with Crippen molar-refractivity contribution in [2.75, 3.05) is 5.75 Å². The summed E-state index contributed by atoms with van der Waals surface area (Å²) in [5, 5.41) is 38.1. The second-order valence-electron chi connectivity index (χ2n) is 3.39. The molecule has 4 N–H and O–H groups in total. The molecule has 0 aromatic heterocycles. The molecule has 0 unspecified atom stereocenters. The van der Waals surface area contributed by atoms with Crippen LogP contribution in [0, 0.1) is 0 Å². The van der Waals surface area contributed by atoms with Crippen LogP contribution in [0.4, 0.5) is 0 Å². The lowest BCUT2D eigenvalue weighted by molar-refractivity contribution is -0.116. The van der Waals surface area contributed by atoms with Gasteiger partial charge in [-0.05, 0) is 6.07 Å². The third kappa shape index (κ3) is 2.72. The molecular weight excluding hydrogens is 258 g/mol. The molecule has 1 aliphatic rings. The van der Waals surface area contributed by atoms with Gasteiger partial charge in [0.25, 0.3) is 0 Å². The van der Waals surface area contributed by atoms with Gasteiger partial charge in [0.2, 0.25) is 5.91 Å². The maximum atomic E-state index is 10.9. The molecule has 0 spiro atoms. The first kappa shape index (κ1) is 12.2. The number of thioether (sulfide) groups is 1. The molecule has 1 amide bonds. The number of phenols is 3. The lowest BCUT2D eigenvalue weighted by atomic mass is 10.2. The SMILES string of the molecule is O=C1CSC(=NN=Cc2cc(O)c(O)cc2O)N1. The number of amidine groups is 1. The summed E-state index contributed by atoms with van der Waals surface area (Å²) in [5.74, 6) is -0.865. The van der Waals surface area contributed by atoms with E-state index in [1.807, 2.05) is 0 Å². The number of nitrogens with one attached hydrogen (secondary N) is 1. The molecule has 8 heteroatoms. The number of rotatable bonds is 2. The van der Waals surface area contributed by atoms with Crippen molar-refractivity contribution in [2.45, 2.75) is 0 Å². The molecule has 1 aromatic rings. The molecule has 1 aliphatic heterocycles. The number of hydrogen-bond acceptors (Lipinski definition) is 7. The Bertz CT molecular complexity index is 556. The van der Waals surface area contributed by atoms with Crippen LogP contribution in [0.2, 0.25) is 0 Å². The summed E-state index contributed by atoms with van der Waals surface area (Å²) in [6.45, 7) is 0. The van der Waals surface area contributed by atoms with Gasteiger partial charge in [-0.15, -0.1) is 5.10 Å². The van der Waals surface area contributed by atoms with Gasteiger partial charge in [-0.25, -0.2) is 0 Å². The third-order valence-corrected chi connectivity index (χ3v) is 2.92. The van der Waals surface area contributed by atoms with Gasteiger partial charge in [0.15, 0.2) is 16.7 Å². The van der Waals surface area contributed by atoms with Crippen molar-refractivity contribution in [1.29, 1.82) is 0 Å². The summed E-state index contributed by atoms with van der Waals surface area (Å²) in [4.78, 5) is 10.9. The van der Waals surface area contributed by atoms with Gasteiger partial charge in [0.05, 0.1) is 12.0 Å². The monoisotopic (exact) mass is 267 g/mol. The smallest absolute Gasteiger partial charge is 0.236 e. The Balaban J connectivity index is 2.14.